The van der Waals surface area contributed by atoms with Gasteiger partial charge in [-0.3, -0.25) is 0 Å². The fraction of sp³-hybridized carbons (Fsp3) is 0.167. The van der Waals surface area contributed by atoms with Crippen LogP contribution in [0, 0.1) is 32.1 Å². The average molecular weight is 311 g/mol. The molecule has 2 aromatic rings. The van der Waals surface area contributed by atoms with Crippen LogP contribution in [-0.4, -0.2) is 8.42 Å². The van der Waals surface area contributed by atoms with Gasteiger partial charge < -0.3 is 0 Å². The molecular weight excluding hydrogens is 294 g/mol. The number of nitriles is 1. The van der Waals surface area contributed by atoms with E-state index in [1.165, 1.54) is 18.2 Å². The van der Waals surface area contributed by atoms with Gasteiger partial charge >= 0.3 is 0 Å². The first kappa shape index (κ1) is 16.0. The molecule has 2 aromatic carbocycles. The molecule has 112 valence electrons. The second-order valence-electron chi connectivity index (χ2n) is 5.30. The van der Waals surface area contributed by atoms with Crippen molar-refractivity contribution in [2.75, 3.05) is 0 Å². The van der Waals surface area contributed by atoms with Gasteiger partial charge in [-0.15, -0.1) is 0 Å². The summed E-state index contributed by atoms with van der Waals surface area (Å²) in [5.41, 5.74) is 3.73. The Hall–Kier alpha value is -2.38. The molecule has 0 aliphatic rings. The molecule has 4 heteroatoms. The van der Waals surface area contributed by atoms with Crippen LogP contribution in [0.3, 0.4) is 0 Å². The van der Waals surface area contributed by atoms with Crippen LogP contribution in [0.1, 0.15) is 22.3 Å². The Labute approximate surface area is 131 Å². The molecule has 0 N–H and O–H groups in total. The normalized spacial score (nSPS) is 12.0. The fourth-order valence-corrected chi connectivity index (χ4v) is 3.29. The molecule has 2 rings (SSSR count). The zero-order valence-corrected chi connectivity index (χ0v) is 13.6. The number of benzene rings is 2. The van der Waals surface area contributed by atoms with Gasteiger partial charge in [-0.25, -0.2) is 8.42 Å². The summed E-state index contributed by atoms with van der Waals surface area (Å²) in [4.78, 5) is -0.112. The monoisotopic (exact) mass is 311 g/mol. The van der Waals surface area contributed by atoms with Crippen LogP contribution in [-0.2, 0) is 9.84 Å². The van der Waals surface area contributed by atoms with Crippen molar-refractivity contribution in [1.82, 2.24) is 0 Å². The topological polar surface area (TPSA) is 57.9 Å². The molecule has 0 amide bonds. The van der Waals surface area contributed by atoms with Crippen LogP contribution >= 0.6 is 0 Å². The lowest BCUT2D eigenvalue weighted by Gasteiger charge is -2.06. The Balaban J connectivity index is 2.53. The van der Waals surface area contributed by atoms with E-state index in [1.54, 1.807) is 12.1 Å². The molecule has 0 aliphatic carbocycles. The molecule has 0 fully saturated rings. The second kappa shape index (κ2) is 6.17. The molecule has 0 saturated carbocycles. The quantitative estimate of drug-likeness (QED) is 0.806. The first-order chi connectivity index (χ1) is 10.3. The standard InChI is InChI=1S/C18H17NO2S/c1-13-5-8-17(9-6-13)22(20,21)18(12-19)11-16-7-4-14(2)10-15(16)3/h4-11H,1-3H3/b18-11+. The predicted molar refractivity (Wildman–Crippen MR) is 87.9 cm³/mol. The minimum Gasteiger partial charge on any atom is -0.218 e. The van der Waals surface area contributed by atoms with E-state index < -0.39 is 9.84 Å². The zero-order chi connectivity index (χ0) is 16.3. The first-order valence-corrected chi connectivity index (χ1v) is 8.34. The third kappa shape index (κ3) is 3.26. The Bertz CT molecular complexity index is 870. The fourth-order valence-electron chi connectivity index (χ4n) is 2.14. The number of hydrogen-bond donors (Lipinski definition) is 0. The summed E-state index contributed by atoms with van der Waals surface area (Å²) in [6.07, 6.45) is 1.43. The maximum Gasteiger partial charge on any atom is 0.216 e. The lowest BCUT2D eigenvalue weighted by molar-refractivity contribution is 0.603. The molecule has 0 unspecified atom stereocenters. The van der Waals surface area contributed by atoms with Crippen molar-refractivity contribution in [3.8, 4) is 6.07 Å². The second-order valence-corrected chi connectivity index (χ2v) is 7.22. The number of allylic oxidation sites excluding steroid dienone is 1. The van der Waals surface area contributed by atoms with Gasteiger partial charge in [-0.05, 0) is 50.1 Å². The van der Waals surface area contributed by atoms with E-state index in [9.17, 15) is 13.7 Å². The van der Waals surface area contributed by atoms with E-state index in [0.717, 1.165) is 22.3 Å². The number of hydrogen-bond acceptors (Lipinski definition) is 3. The van der Waals surface area contributed by atoms with Gasteiger partial charge in [0, 0.05) is 0 Å². The SMILES string of the molecule is Cc1ccc(S(=O)(=O)/C(C#N)=C/c2ccc(C)cc2C)cc1. The Kier molecular flexibility index (Phi) is 4.48. The largest absolute Gasteiger partial charge is 0.218 e. The summed E-state index contributed by atoms with van der Waals surface area (Å²) in [6.45, 7) is 5.74. The summed E-state index contributed by atoms with van der Waals surface area (Å²) in [7, 11) is -3.79. The molecule has 0 aliphatic heterocycles. The third-order valence-corrected chi connectivity index (χ3v) is 5.12. The smallest absolute Gasteiger partial charge is 0.216 e. The Morgan fingerprint density at radius 3 is 2.14 bits per heavy atom. The molecule has 0 heterocycles. The number of sulfone groups is 1. The lowest BCUT2D eigenvalue weighted by Crippen LogP contribution is -2.03. The van der Waals surface area contributed by atoms with Crippen molar-refractivity contribution < 1.29 is 8.42 Å². The highest BCUT2D eigenvalue weighted by Gasteiger charge is 2.20. The van der Waals surface area contributed by atoms with Crippen molar-refractivity contribution in [2.24, 2.45) is 0 Å². The van der Waals surface area contributed by atoms with Crippen LogP contribution in [0.4, 0.5) is 0 Å². The van der Waals surface area contributed by atoms with Gasteiger partial charge in [0.1, 0.15) is 11.0 Å². The highest BCUT2D eigenvalue weighted by molar-refractivity contribution is 7.95. The van der Waals surface area contributed by atoms with Gasteiger partial charge in [0.2, 0.25) is 9.84 Å². The molecule has 0 atom stereocenters. The number of rotatable bonds is 3. The van der Waals surface area contributed by atoms with Crippen molar-refractivity contribution in [1.29, 1.82) is 5.26 Å². The van der Waals surface area contributed by atoms with Crippen LogP contribution in [0.5, 0.6) is 0 Å². The third-order valence-electron chi connectivity index (χ3n) is 3.44. The van der Waals surface area contributed by atoms with Gasteiger partial charge in [-0.1, -0.05) is 41.5 Å². The van der Waals surface area contributed by atoms with Gasteiger partial charge in [-0.2, -0.15) is 5.26 Å². The van der Waals surface area contributed by atoms with Gasteiger partial charge in [0.15, 0.2) is 0 Å². The summed E-state index contributed by atoms with van der Waals surface area (Å²) < 4.78 is 25.1. The Morgan fingerprint density at radius 1 is 1.00 bits per heavy atom. The van der Waals surface area contributed by atoms with Crippen LogP contribution < -0.4 is 0 Å². The average Bonchev–Trinajstić information content (AvgIpc) is 2.46. The molecule has 0 spiro atoms. The molecule has 0 saturated heterocycles. The van der Waals surface area contributed by atoms with Crippen LogP contribution in [0.15, 0.2) is 52.3 Å². The van der Waals surface area contributed by atoms with E-state index in [4.69, 9.17) is 0 Å². The molecule has 0 radical (unpaired) electrons. The molecule has 0 aromatic heterocycles. The molecule has 22 heavy (non-hydrogen) atoms. The van der Waals surface area contributed by atoms with Crippen LogP contribution in [0.25, 0.3) is 6.08 Å². The van der Waals surface area contributed by atoms with Crippen molar-refractivity contribution in [2.45, 2.75) is 25.7 Å². The summed E-state index contributed by atoms with van der Waals surface area (Å²) in [5, 5.41) is 9.29. The molecule has 3 nitrogen and oxygen atoms in total. The maximum absolute atomic E-state index is 12.6. The summed E-state index contributed by atoms with van der Waals surface area (Å²) in [6, 6.07) is 14.0. The van der Waals surface area contributed by atoms with Crippen LogP contribution in [0.2, 0.25) is 0 Å². The van der Waals surface area contributed by atoms with E-state index >= 15 is 0 Å². The first-order valence-electron chi connectivity index (χ1n) is 6.85. The zero-order valence-electron chi connectivity index (χ0n) is 12.8. The van der Waals surface area contributed by atoms with Crippen molar-refractivity contribution >= 4 is 15.9 Å². The van der Waals surface area contributed by atoms with E-state index in [0.29, 0.717) is 0 Å². The molecular formula is C18H17NO2S. The Morgan fingerprint density at radius 2 is 1.59 bits per heavy atom. The highest BCUT2D eigenvalue weighted by Crippen LogP contribution is 2.23. The number of aryl methyl sites for hydroxylation is 3. The molecule has 0 bridgehead atoms. The van der Waals surface area contributed by atoms with Crippen molar-refractivity contribution in [3.05, 3.63) is 69.6 Å². The van der Waals surface area contributed by atoms with E-state index in [-0.39, 0.29) is 9.80 Å². The van der Waals surface area contributed by atoms with E-state index in [1.807, 2.05) is 45.0 Å². The summed E-state index contributed by atoms with van der Waals surface area (Å²) >= 11 is 0. The van der Waals surface area contributed by atoms with Gasteiger partial charge in [0.25, 0.3) is 0 Å². The minimum absolute atomic E-state index is 0.135. The van der Waals surface area contributed by atoms with Crippen molar-refractivity contribution in [3.63, 3.8) is 0 Å². The predicted octanol–water partition coefficient (Wildman–Crippen LogP) is 3.95. The minimum atomic E-state index is -3.79. The highest BCUT2D eigenvalue weighted by atomic mass is 32.2. The van der Waals surface area contributed by atoms with Gasteiger partial charge in [0.05, 0.1) is 4.90 Å². The maximum atomic E-state index is 12.6. The van der Waals surface area contributed by atoms with E-state index in [2.05, 4.69) is 0 Å². The lowest BCUT2D eigenvalue weighted by atomic mass is 10.1. The number of nitrogens with zero attached hydrogens (tertiary/aromatic N) is 1. The summed E-state index contributed by atoms with van der Waals surface area (Å²) in [5.74, 6) is 0.